The van der Waals surface area contributed by atoms with Gasteiger partial charge in [0.25, 0.3) is 0 Å². The van der Waals surface area contributed by atoms with Gasteiger partial charge in [-0.1, -0.05) is 42.5 Å². The van der Waals surface area contributed by atoms with Crippen LogP contribution >= 0.6 is 11.8 Å². The summed E-state index contributed by atoms with van der Waals surface area (Å²) in [6, 6.07) is 18.4. The third kappa shape index (κ3) is 4.58. The van der Waals surface area contributed by atoms with E-state index in [4.69, 9.17) is 0 Å². The van der Waals surface area contributed by atoms with Crippen molar-refractivity contribution in [3.63, 3.8) is 0 Å². The Morgan fingerprint density at radius 2 is 1.75 bits per heavy atom. The topological polar surface area (TPSA) is 49.4 Å². The van der Waals surface area contributed by atoms with Gasteiger partial charge >= 0.3 is 0 Å². The molecule has 1 fully saturated rings. The van der Waals surface area contributed by atoms with E-state index in [0.717, 1.165) is 42.9 Å². The second-order valence-corrected chi connectivity index (χ2v) is 8.89. The number of hydrogen-bond acceptors (Lipinski definition) is 3. The predicted octanol–water partition coefficient (Wildman–Crippen LogP) is 4.36. The Hall–Kier alpha value is -2.27. The second kappa shape index (κ2) is 8.82. The number of rotatable bonds is 5. The molecule has 0 bridgehead atoms. The molecule has 0 aliphatic carbocycles. The van der Waals surface area contributed by atoms with Crippen LogP contribution in [0.5, 0.6) is 0 Å². The lowest BCUT2D eigenvalue weighted by atomic mass is 9.90. The lowest BCUT2D eigenvalue weighted by Gasteiger charge is -2.33. The first kappa shape index (κ1) is 19.1. The zero-order chi connectivity index (χ0) is 19.3. The molecule has 2 aromatic carbocycles. The quantitative estimate of drug-likeness (QED) is 0.820. The van der Waals surface area contributed by atoms with Gasteiger partial charge in [0.15, 0.2) is 0 Å². The minimum atomic E-state index is -0.335. The van der Waals surface area contributed by atoms with E-state index in [1.54, 1.807) is 0 Å². The first-order valence-electron chi connectivity index (χ1n) is 10.1. The van der Waals surface area contributed by atoms with Crippen molar-refractivity contribution < 1.29 is 9.59 Å². The van der Waals surface area contributed by atoms with Gasteiger partial charge in [-0.2, -0.15) is 0 Å². The minimum absolute atomic E-state index is 0.0604. The normalized spacial score (nSPS) is 19.8. The average molecular weight is 395 g/mol. The minimum Gasteiger partial charge on any atom is -0.343 e. The molecule has 2 aliphatic heterocycles. The Morgan fingerprint density at radius 3 is 2.54 bits per heavy atom. The molecule has 0 unspecified atom stereocenters. The van der Waals surface area contributed by atoms with Crippen molar-refractivity contribution in [1.82, 2.24) is 4.90 Å². The zero-order valence-electron chi connectivity index (χ0n) is 16.0. The summed E-state index contributed by atoms with van der Waals surface area (Å²) in [4.78, 5) is 28.1. The molecule has 1 saturated heterocycles. The molecule has 0 saturated carbocycles. The number of thioether (sulfide) groups is 1. The molecule has 0 aromatic heterocycles. The Balaban J connectivity index is 1.25. The fourth-order valence-corrected chi connectivity index (χ4v) is 5.10. The zero-order valence-corrected chi connectivity index (χ0v) is 16.8. The summed E-state index contributed by atoms with van der Waals surface area (Å²) >= 11 is 1.50. The number of aryl methyl sites for hydroxylation is 1. The van der Waals surface area contributed by atoms with Crippen molar-refractivity contribution >= 4 is 29.3 Å². The summed E-state index contributed by atoms with van der Waals surface area (Å²) in [6.45, 7) is 1.63. The fraction of sp³-hybridized carbons (Fsp3) is 0.391. The van der Waals surface area contributed by atoms with E-state index in [9.17, 15) is 9.59 Å². The highest BCUT2D eigenvalue weighted by Crippen LogP contribution is 2.37. The van der Waals surface area contributed by atoms with E-state index in [1.165, 1.54) is 23.7 Å². The maximum absolute atomic E-state index is 12.7. The molecule has 2 heterocycles. The van der Waals surface area contributed by atoms with E-state index in [0.29, 0.717) is 5.92 Å². The summed E-state index contributed by atoms with van der Waals surface area (Å²) in [5.74, 6) is 0.729. The molecule has 4 nitrogen and oxygen atoms in total. The number of benzene rings is 2. The van der Waals surface area contributed by atoms with Crippen molar-refractivity contribution in [2.24, 2.45) is 5.92 Å². The van der Waals surface area contributed by atoms with Crippen molar-refractivity contribution in [3.8, 4) is 0 Å². The first-order valence-corrected chi connectivity index (χ1v) is 11.0. The molecule has 1 atom stereocenters. The van der Waals surface area contributed by atoms with E-state index >= 15 is 0 Å². The lowest BCUT2D eigenvalue weighted by Crippen LogP contribution is -2.41. The van der Waals surface area contributed by atoms with Gasteiger partial charge < -0.3 is 10.2 Å². The highest BCUT2D eigenvalue weighted by Gasteiger charge is 2.31. The molecule has 5 heteroatoms. The predicted molar refractivity (Wildman–Crippen MR) is 113 cm³/mol. The van der Waals surface area contributed by atoms with Crippen LogP contribution in [-0.4, -0.2) is 35.1 Å². The number of fused-ring (bicyclic) bond motifs is 1. The van der Waals surface area contributed by atoms with Crippen LogP contribution in [-0.2, 0) is 16.0 Å². The van der Waals surface area contributed by atoms with E-state index in [1.807, 2.05) is 29.2 Å². The Kier molecular flexibility index (Phi) is 6.01. The van der Waals surface area contributed by atoms with E-state index < -0.39 is 0 Å². The van der Waals surface area contributed by atoms with Crippen LogP contribution < -0.4 is 5.32 Å². The van der Waals surface area contributed by atoms with Crippen molar-refractivity contribution in [1.29, 1.82) is 0 Å². The Bertz CT molecular complexity index is 832. The van der Waals surface area contributed by atoms with Crippen molar-refractivity contribution in [2.45, 2.75) is 42.2 Å². The van der Waals surface area contributed by atoms with Crippen LogP contribution in [0.15, 0.2) is 59.5 Å². The fourth-order valence-electron chi connectivity index (χ4n) is 4.00. The summed E-state index contributed by atoms with van der Waals surface area (Å²) in [5, 5.41) is 2.59. The molecule has 2 aromatic rings. The van der Waals surface area contributed by atoms with Crippen molar-refractivity contribution in [2.75, 3.05) is 18.4 Å². The maximum Gasteiger partial charge on any atom is 0.238 e. The van der Waals surface area contributed by atoms with Crippen LogP contribution in [0.3, 0.4) is 0 Å². The average Bonchev–Trinajstić information content (AvgIpc) is 2.74. The molecule has 4 rings (SSSR count). The number of piperidine rings is 1. The largest absolute Gasteiger partial charge is 0.343 e. The monoisotopic (exact) mass is 394 g/mol. The molecule has 2 amide bonds. The first-order chi connectivity index (χ1) is 13.7. The third-order valence-electron chi connectivity index (χ3n) is 5.72. The number of likely N-dealkylation sites (tertiary alicyclic amines) is 1. The van der Waals surface area contributed by atoms with Gasteiger partial charge in [-0.25, -0.2) is 0 Å². The summed E-state index contributed by atoms with van der Waals surface area (Å²) in [5.41, 5.74) is 2.24. The van der Waals surface area contributed by atoms with Gasteiger partial charge in [0.2, 0.25) is 11.8 Å². The summed E-state index contributed by atoms with van der Waals surface area (Å²) in [6.07, 6.45) is 4.69. The number of nitrogens with one attached hydrogen (secondary N) is 1. The number of hydrogen-bond donors (Lipinski definition) is 1. The maximum atomic E-state index is 12.7. The third-order valence-corrected chi connectivity index (χ3v) is 6.99. The standard InChI is InChI=1S/C23H26N2O2S/c26-22(16-21-23(27)24-19-8-4-5-9-20(19)28-21)25-14-12-18(13-15-25)11-10-17-6-2-1-3-7-17/h1-9,18,21H,10-16H2,(H,24,27)/t21-/m1/s1. The summed E-state index contributed by atoms with van der Waals surface area (Å²) < 4.78 is 0. The molecule has 28 heavy (non-hydrogen) atoms. The molecule has 0 spiro atoms. The van der Waals surface area contributed by atoms with Crippen LogP contribution in [0, 0.1) is 5.92 Å². The Morgan fingerprint density at radius 1 is 1.04 bits per heavy atom. The van der Waals surface area contributed by atoms with Gasteiger partial charge in [-0.05, 0) is 49.3 Å². The molecule has 146 valence electrons. The van der Waals surface area contributed by atoms with Crippen LogP contribution in [0.25, 0.3) is 0 Å². The van der Waals surface area contributed by atoms with Crippen LogP contribution in [0.2, 0.25) is 0 Å². The van der Waals surface area contributed by atoms with Crippen molar-refractivity contribution in [3.05, 3.63) is 60.2 Å². The van der Waals surface area contributed by atoms with E-state index in [2.05, 4.69) is 35.6 Å². The Labute approximate surface area is 170 Å². The lowest BCUT2D eigenvalue weighted by molar-refractivity contribution is -0.133. The number of anilines is 1. The van der Waals surface area contributed by atoms with Crippen LogP contribution in [0.4, 0.5) is 5.69 Å². The number of para-hydroxylation sites is 1. The number of carbonyl (C=O) groups excluding carboxylic acids is 2. The number of amides is 2. The van der Waals surface area contributed by atoms with Gasteiger partial charge in [-0.3, -0.25) is 9.59 Å². The van der Waals surface area contributed by atoms with E-state index in [-0.39, 0.29) is 23.5 Å². The molecule has 2 aliphatic rings. The highest BCUT2D eigenvalue weighted by molar-refractivity contribution is 8.01. The number of nitrogens with zero attached hydrogens (tertiary/aromatic N) is 1. The molecular weight excluding hydrogens is 368 g/mol. The van der Waals surface area contributed by atoms with Crippen LogP contribution in [0.1, 0.15) is 31.2 Å². The second-order valence-electron chi connectivity index (χ2n) is 7.64. The highest BCUT2D eigenvalue weighted by atomic mass is 32.2. The van der Waals surface area contributed by atoms with Gasteiger partial charge in [0, 0.05) is 24.4 Å². The van der Waals surface area contributed by atoms with Gasteiger partial charge in [-0.15, -0.1) is 11.8 Å². The summed E-state index contributed by atoms with van der Waals surface area (Å²) in [7, 11) is 0. The molecule has 0 radical (unpaired) electrons. The number of carbonyl (C=O) groups is 2. The SMILES string of the molecule is O=C1Nc2ccccc2S[C@@H]1CC(=O)N1CCC(CCc2ccccc2)CC1. The molecular formula is C23H26N2O2S. The smallest absolute Gasteiger partial charge is 0.238 e. The molecule has 1 N–H and O–H groups in total. The van der Waals surface area contributed by atoms with Gasteiger partial charge in [0.05, 0.1) is 10.9 Å². The van der Waals surface area contributed by atoms with Gasteiger partial charge in [0.1, 0.15) is 0 Å².